The zero-order valence-electron chi connectivity index (χ0n) is 19.9. The molecule has 6 heteroatoms. The van der Waals surface area contributed by atoms with Gasteiger partial charge in [-0.3, -0.25) is 4.79 Å². The van der Waals surface area contributed by atoms with Crippen LogP contribution >= 0.6 is 0 Å². The molecule has 34 heavy (non-hydrogen) atoms. The first-order valence-corrected chi connectivity index (χ1v) is 12.7. The van der Waals surface area contributed by atoms with E-state index in [1.807, 2.05) is 18.2 Å². The van der Waals surface area contributed by atoms with Crippen molar-refractivity contribution in [2.45, 2.75) is 69.7 Å². The van der Waals surface area contributed by atoms with E-state index in [-0.39, 0.29) is 23.6 Å². The summed E-state index contributed by atoms with van der Waals surface area (Å²) in [4.78, 5) is 18.8. The van der Waals surface area contributed by atoms with Gasteiger partial charge in [0.2, 0.25) is 5.91 Å². The first kappa shape index (κ1) is 22.9. The molecule has 0 saturated heterocycles. The van der Waals surface area contributed by atoms with Crippen molar-refractivity contribution in [2.24, 2.45) is 17.6 Å². The van der Waals surface area contributed by atoms with E-state index in [1.54, 1.807) is 19.2 Å². The van der Waals surface area contributed by atoms with Crippen molar-refractivity contribution in [3.8, 4) is 17.1 Å². The Labute approximate surface area is 200 Å². The normalized spacial score (nSPS) is 18.3. The summed E-state index contributed by atoms with van der Waals surface area (Å²) < 4.78 is 21.5. The number of nitrogens with zero attached hydrogens (tertiary/aromatic N) is 2. The Morgan fingerprint density at radius 3 is 2.09 bits per heavy atom. The van der Waals surface area contributed by atoms with Crippen LogP contribution in [0, 0.1) is 17.7 Å². The van der Waals surface area contributed by atoms with Gasteiger partial charge in [-0.1, -0.05) is 38.5 Å². The largest absolute Gasteiger partial charge is 0.497 e. The van der Waals surface area contributed by atoms with Gasteiger partial charge in [0.15, 0.2) is 0 Å². The fraction of sp³-hybridized carbons (Fsp3) is 0.500. The zero-order chi connectivity index (χ0) is 23.7. The second-order valence-corrected chi connectivity index (χ2v) is 9.99. The molecule has 0 atom stereocenters. The van der Waals surface area contributed by atoms with Gasteiger partial charge in [-0.15, -0.1) is 0 Å². The number of rotatable bonds is 6. The van der Waals surface area contributed by atoms with Crippen molar-refractivity contribution in [1.82, 2.24) is 9.55 Å². The summed E-state index contributed by atoms with van der Waals surface area (Å²) in [6, 6.07) is 12.2. The Morgan fingerprint density at radius 1 is 0.971 bits per heavy atom. The number of fused-ring (bicyclic) bond motifs is 1. The molecule has 5 rings (SSSR count). The van der Waals surface area contributed by atoms with E-state index in [4.69, 9.17) is 15.5 Å². The third kappa shape index (κ3) is 3.77. The molecule has 180 valence electrons. The van der Waals surface area contributed by atoms with Crippen molar-refractivity contribution < 1.29 is 13.9 Å². The Morgan fingerprint density at radius 2 is 1.56 bits per heavy atom. The number of ether oxygens (including phenoxy) is 1. The van der Waals surface area contributed by atoms with Crippen LogP contribution in [0.1, 0.15) is 64.2 Å². The summed E-state index contributed by atoms with van der Waals surface area (Å²) in [6.07, 6.45) is 10.7. The van der Waals surface area contributed by atoms with Crippen LogP contribution in [0.3, 0.4) is 0 Å². The minimum atomic E-state index is -0.883. The number of aromatic nitrogens is 2. The fourth-order valence-electron chi connectivity index (χ4n) is 6.65. The molecule has 3 aromatic rings. The molecule has 2 saturated carbocycles. The lowest BCUT2D eigenvalue weighted by Crippen LogP contribution is -2.58. The molecule has 1 heterocycles. The van der Waals surface area contributed by atoms with Gasteiger partial charge in [0.05, 0.1) is 18.1 Å². The molecule has 1 aromatic heterocycles. The van der Waals surface area contributed by atoms with Crippen molar-refractivity contribution in [1.29, 1.82) is 0 Å². The van der Waals surface area contributed by atoms with Crippen LogP contribution < -0.4 is 10.5 Å². The van der Waals surface area contributed by atoms with Crippen LogP contribution in [0.25, 0.3) is 22.4 Å². The number of hydrogen-bond donors (Lipinski definition) is 1. The highest BCUT2D eigenvalue weighted by Crippen LogP contribution is 2.50. The highest BCUT2D eigenvalue weighted by molar-refractivity contribution is 5.90. The molecule has 1 amide bonds. The zero-order valence-corrected chi connectivity index (χ0v) is 19.9. The monoisotopic (exact) mass is 463 g/mol. The number of carbonyl (C=O) groups is 1. The number of methoxy groups -OCH3 is 1. The topological polar surface area (TPSA) is 70.1 Å². The second kappa shape index (κ2) is 9.40. The van der Waals surface area contributed by atoms with Gasteiger partial charge in [-0.25, -0.2) is 9.37 Å². The van der Waals surface area contributed by atoms with Gasteiger partial charge in [0.1, 0.15) is 22.9 Å². The number of nitrogens with two attached hydrogens (primary N) is 1. The molecule has 0 aliphatic heterocycles. The smallest absolute Gasteiger partial charge is 0.244 e. The van der Waals surface area contributed by atoms with E-state index in [1.165, 1.54) is 25.0 Å². The van der Waals surface area contributed by atoms with E-state index >= 15 is 0 Å². The summed E-state index contributed by atoms with van der Waals surface area (Å²) in [6.45, 7) is 0. The third-order valence-electron chi connectivity index (χ3n) is 8.18. The lowest BCUT2D eigenvalue weighted by Gasteiger charge is -2.48. The maximum Gasteiger partial charge on any atom is 0.244 e. The molecule has 2 aromatic carbocycles. The molecule has 2 fully saturated rings. The average Bonchev–Trinajstić information content (AvgIpc) is 3.25. The van der Waals surface area contributed by atoms with Gasteiger partial charge in [-0.2, -0.15) is 0 Å². The Bertz CT molecular complexity index is 1140. The molecular formula is C28H34FN3O2. The number of primary amides is 1. The highest BCUT2D eigenvalue weighted by Gasteiger charge is 2.53. The van der Waals surface area contributed by atoms with Crippen LogP contribution in [0.15, 0.2) is 42.5 Å². The maximum absolute atomic E-state index is 13.8. The van der Waals surface area contributed by atoms with Crippen LogP contribution in [0.5, 0.6) is 5.75 Å². The molecule has 2 aliphatic carbocycles. The number of carbonyl (C=O) groups excluding carboxylic acids is 1. The average molecular weight is 464 g/mol. The highest BCUT2D eigenvalue weighted by atomic mass is 19.1. The molecular weight excluding hydrogens is 429 g/mol. The predicted molar refractivity (Wildman–Crippen MR) is 132 cm³/mol. The SMILES string of the molecule is COc1ccc2nc(-c3ccc(F)cc3)n(C(C(N)=O)(C3CCCCC3)C3CCCCC3)c2c1. The summed E-state index contributed by atoms with van der Waals surface area (Å²) in [5, 5.41) is 0. The Hall–Kier alpha value is -2.89. The van der Waals surface area contributed by atoms with E-state index < -0.39 is 5.54 Å². The quantitative estimate of drug-likeness (QED) is 0.474. The van der Waals surface area contributed by atoms with Crippen LogP contribution in [0.4, 0.5) is 4.39 Å². The van der Waals surface area contributed by atoms with Gasteiger partial charge >= 0.3 is 0 Å². The van der Waals surface area contributed by atoms with Crippen LogP contribution in [-0.2, 0) is 10.3 Å². The van der Waals surface area contributed by atoms with Gasteiger partial charge < -0.3 is 15.0 Å². The minimum Gasteiger partial charge on any atom is -0.497 e. The number of hydrogen-bond acceptors (Lipinski definition) is 3. The summed E-state index contributed by atoms with van der Waals surface area (Å²) >= 11 is 0. The van der Waals surface area contributed by atoms with Crippen molar-refractivity contribution in [3.63, 3.8) is 0 Å². The van der Waals surface area contributed by atoms with E-state index in [0.717, 1.165) is 68.0 Å². The first-order chi connectivity index (χ1) is 16.6. The Balaban J connectivity index is 1.85. The standard InChI is InChI=1S/C28H34FN3O2/c1-34-23-16-17-24-25(18-23)32(26(31-24)19-12-14-22(29)15-13-19)28(27(30)33,20-8-4-2-5-9-20)21-10-6-3-7-11-21/h12-18,20-21H,2-11H2,1H3,(H2,30,33). The summed E-state index contributed by atoms with van der Waals surface area (Å²) in [7, 11) is 1.65. The Kier molecular flexibility index (Phi) is 6.32. The van der Waals surface area contributed by atoms with Crippen molar-refractivity contribution in [2.75, 3.05) is 7.11 Å². The maximum atomic E-state index is 13.8. The molecule has 0 unspecified atom stereocenters. The van der Waals surface area contributed by atoms with Gasteiger partial charge in [0.25, 0.3) is 0 Å². The molecule has 0 radical (unpaired) electrons. The summed E-state index contributed by atoms with van der Waals surface area (Å²) in [5.41, 5.74) is 8.03. The van der Waals surface area contributed by atoms with Crippen molar-refractivity contribution in [3.05, 3.63) is 48.3 Å². The van der Waals surface area contributed by atoms with E-state index in [9.17, 15) is 9.18 Å². The van der Waals surface area contributed by atoms with Crippen LogP contribution in [0.2, 0.25) is 0 Å². The second-order valence-electron chi connectivity index (χ2n) is 9.99. The van der Waals surface area contributed by atoms with E-state index in [2.05, 4.69) is 4.57 Å². The molecule has 2 N–H and O–H groups in total. The molecule has 0 spiro atoms. The van der Waals surface area contributed by atoms with E-state index in [0.29, 0.717) is 11.6 Å². The fourth-order valence-corrected chi connectivity index (χ4v) is 6.65. The summed E-state index contributed by atoms with van der Waals surface area (Å²) in [5.74, 6) is 1.11. The third-order valence-corrected chi connectivity index (χ3v) is 8.18. The molecule has 5 nitrogen and oxygen atoms in total. The van der Waals surface area contributed by atoms with Gasteiger partial charge in [0, 0.05) is 11.6 Å². The number of amides is 1. The lowest BCUT2D eigenvalue weighted by atomic mass is 9.63. The number of benzene rings is 2. The first-order valence-electron chi connectivity index (χ1n) is 12.7. The molecule has 0 bridgehead atoms. The van der Waals surface area contributed by atoms with Crippen LogP contribution in [-0.4, -0.2) is 22.6 Å². The predicted octanol–water partition coefficient (Wildman–Crippen LogP) is 6.19. The lowest BCUT2D eigenvalue weighted by molar-refractivity contribution is -0.135. The number of halogens is 1. The number of imidazole rings is 1. The van der Waals surface area contributed by atoms with Crippen molar-refractivity contribution >= 4 is 16.9 Å². The minimum absolute atomic E-state index is 0.143. The van der Waals surface area contributed by atoms with Gasteiger partial charge in [-0.05, 0) is 73.9 Å². The molecule has 2 aliphatic rings.